The second kappa shape index (κ2) is 6.63. The Bertz CT molecular complexity index is 582. The monoisotopic (exact) mass is 286 g/mol. The fraction of sp³-hybridized carbons (Fsp3) is 0.556. The van der Waals surface area contributed by atoms with E-state index in [0.29, 0.717) is 12.1 Å². The Balaban J connectivity index is 1.77. The predicted octanol–water partition coefficient (Wildman–Crippen LogP) is 3.71. The molecule has 1 atom stereocenters. The van der Waals surface area contributed by atoms with E-state index < -0.39 is 0 Å². The molecular weight excluding hydrogens is 260 g/mol. The first kappa shape index (κ1) is 14.6. The first-order valence-corrected chi connectivity index (χ1v) is 8.16. The summed E-state index contributed by atoms with van der Waals surface area (Å²) in [5, 5.41) is 4.87. The molecule has 1 saturated heterocycles. The van der Waals surface area contributed by atoms with Crippen molar-refractivity contribution >= 4 is 10.9 Å². The molecule has 0 saturated carbocycles. The smallest absolute Gasteiger partial charge is 0.0593 e. The van der Waals surface area contributed by atoms with Crippen molar-refractivity contribution in [1.29, 1.82) is 0 Å². The topological polar surface area (TPSA) is 26.2 Å². The second-order valence-electron chi connectivity index (χ2n) is 6.32. The Morgan fingerprint density at radius 2 is 2.24 bits per heavy atom. The van der Waals surface area contributed by atoms with Crippen LogP contribution in [-0.4, -0.2) is 23.3 Å². The summed E-state index contributed by atoms with van der Waals surface area (Å²) < 4.78 is 8.14. The summed E-state index contributed by atoms with van der Waals surface area (Å²) in [5.41, 5.74) is 2.77. The highest BCUT2D eigenvalue weighted by atomic mass is 16.5. The van der Waals surface area contributed by atoms with Gasteiger partial charge in [0.25, 0.3) is 0 Å². The number of hydrogen-bond donors (Lipinski definition) is 1. The lowest BCUT2D eigenvalue weighted by molar-refractivity contribution is 0.101. The largest absolute Gasteiger partial charge is 0.378 e. The number of hydrogen-bond acceptors (Lipinski definition) is 2. The lowest BCUT2D eigenvalue weighted by Gasteiger charge is -2.14. The molecule has 2 aromatic rings. The number of aromatic nitrogens is 1. The predicted molar refractivity (Wildman–Crippen MR) is 87.5 cm³/mol. The number of ether oxygens (including phenoxy) is 1. The van der Waals surface area contributed by atoms with E-state index in [1.807, 2.05) is 0 Å². The quantitative estimate of drug-likeness (QED) is 0.876. The first-order valence-electron chi connectivity index (χ1n) is 8.16. The average molecular weight is 286 g/mol. The molecule has 3 nitrogen and oxygen atoms in total. The van der Waals surface area contributed by atoms with Gasteiger partial charge in [-0.15, -0.1) is 0 Å². The van der Waals surface area contributed by atoms with Gasteiger partial charge in [-0.05, 0) is 36.3 Å². The van der Waals surface area contributed by atoms with Gasteiger partial charge in [0.1, 0.15) is 0 Å². The summed E-state index contributed by atoms with van der Waals surface area (Å²) in [7, 11) is 0. The van der Waals surface area contributed by atoms with Crippen molar-refractivity contribution in [2.24, 2.45) is 0 Å². The minimum atomic E-state index is 0.461. The van der Waals surface area contributed by atoms with Crippen LogP contribution in [0.25, 0.3) is 10.9 Å². The Morgan fingerprint density at radius 1 is 1.33 bits per heavy atom. The van der Waals surface area contributed by atoms with Gasteiger partial charge in [0, 0.05) is 31.9 Å². The molecule has 0 bridgehead atoms. The van der Waals surface area contributed by atoms with Crippen LogP contribution < -0.4 is 5.32 Å². The van der Waals surface area contributed by atoms with Gasteiger partial charge in [-0.3, -0.25) is 0 Å². The highest BCUT2D eigenvalue weighted by Gasteiger charge is 2.16. The molecule has 0 amide bonds. The molecule has 1 aromatic heterocycles. The van der Waals surface area contributed by atoms with Crippen molar-refractivity contribution in [1.82, 2.24) is 9.88 Å². The Hall–Kier alpha value is -1.32. The van der Waals surface area contributed by atoms with Crippen molar-refractivity contribution < 1.29 is 4.74 Å². The van der Waals surface area contributed by atoms with Gasteiger partial charge in [0.15, 0.2) is 0 Å². The molecule has 3 heteroatoms. The van der Waals surface area contributed by atoms with E-state index in [9.17, 15) is 0 Å². The van der Waals surface area contributed by atoms with Crippen LogP contribution >= 0.6 is 0 Å². The van der Waals surface area contributed by atoms with Gasteiger partial charge >= 0.3 is 0 Å². The van der Waals surface area contributed by atoms with Crippen LogP contribution in [0.3, 0.4) is 0 Å². The minimum Gasteiger partial charge on any atom is -0.378 e. The summed E-state index contributed by atoms with van der Waals surface area (Å²) in [6, 6.07) is 9.33. The molecule has 1 fully saturated rings. The van der Waals surface area contributed by atoms with Gasteiger partial charge in [-0.1, -0.05) is 32.0 Å². The average Bonchev–Trinajstić information content (AvgIpc) is 3.12. The van der Waals surface area contributed by atoms with Crippen LogP contribution in [0.1, 0.15) is 38.7 Å². The van der Waals surface area contributed by atoms with Crippen LogP contribution in [0.4, 0.5) is 0 Å². The second-order valence-corrected chi connectivity index (χ2v) is 6.32. The first-order chi connectivity index (χ1) is 10.2. The fourth-order valence-electron chi connectivity index (χ4n) is 3.14. The normalized spacial score (nSPS) is 18.9. The number of para-hydroxylation sites is 1. The molecule has 21 heavy (non-hydrogen) atoms. The maximum atomic E-state index is 5.75. The number of nitrogens with zero attached hydrogens (tertiary/aromatic N) is 1. The molecule has 114 valence electrons. The van der Waals surface area contributed by atoms with E-state index >= 15 is 0 Å². The van der Waals surface area contributed by atoms with Crippen molar-refractivity contribution in [3.8, 4) is 0 Å². The van der Waals surface area contributed by atoms with Gasteiger partial charge in [0.05, 0.1) is 11.6 Å². The molecule has 1 aliphatic rings. The van der Waals surface area contributed by atoms with Crippen LogP contribution in [0.15, 0.2) is 30.5 Å². The van der Waals surface area contributed by atoms with Gasteiger partial charge in [0.2, 0.25) is 0 Å². The third-order valence-electron chi connectivity index (χ3n) is 4.29. The number of nitrogens with one attached hydrogen (secondary N) is 1. The summed E-state index contributed by atoms with van der Waals surface area (Å²) in [5.74, 6) is 0. The van der Waals surface area contributed by atoms with Crippen molar-refractivity contribution in [3.05, 3.63) is 36.0 Å². The van der Waals surface area contributed by atoms with E-state index in [0.717, 1.165) is 26.1 Å². The lowest BCUT2D eigenvalue weighted by Crippen LogP contribution is -2.22. The number of aryl methyl sites for hydroxylation is 1. The van der Waals surface area contributed by atoms with Gasteiger partial charge < -0.3 is 14.6 Å². The molecule has 2 heterocycles. The molecule has 1 unspecified atom stereocenters. The van der Waals surface area contributed by atoms with Crippen molar-refractivity contribution in [2.45, 2.75) is 58.3 Å². The summed E-state index contributed by atoms with van der Waals surface area (Å²) in [6.07, 6.45) is 6.25. The zero-order valence-corrected chi connectivity index (χ0v) is 13.1. The molecule has 0 radical (unpaired) electrons. The molecule has 3 rings (SSSR count). The lowest BCUT2D eigenvalue weighted by atomic mass is 10.1. The molecule has 1 aromatic carbocycles. The summed E-state index contributed by atoms with van der Waals surface area (Å²) in [6.45, 7) is 7.31. The maximum Gasteiger partial charge on any atom is 0.0593 e. The van der Waals surface area contributed by atoms with Crippen molar-refractivity contribution in [3.63, 3.8) is 0 Å². The van der Waals surface area contributed by atoms with E-state index in [4.69, 9.17) is 4.74 Å². The number of fused-ring (bicyclic) bond motifs is 1. The fourth-order valence-corrected chi connectivity index (χ4v) is 3.14. The third-order valence-corrected chi connectivity index (χ3v) is 4.29. The third kappa shape index (κ3) is 3.47. The van der Waals surface area contributed by atoms with Crippen LogP contribution in [-0.2, 0) is 17.8 Å². The van der Waals surface area contributed by atoms with Crippen LogP contribution in [0, 0.1) is 0 Å². The van der Waals surface area contributed by atoms with E-state index in [2.05, 4.69) is 54.2 Å². The van der Waals surface area contributed by atoms with Gasteiger partial charge in [-0.25, -0.2) is 0 Å². The molecule has 1 N–H and O–H groups in total. The van der Waals surface area contributed by atoms with Crippen LogP contribution in [0.5, 0.6) is 0 Å². The molecule has 0 spiro atoms. The molecule has 1 aliphatic heterocycles. The Labute approximate surface area is 127 Å². The Kier molecular flexibility index (Phi) is 4.61. The molecular formula is C18H26N2O. The van der Waals surface area contributed by atoms with E-state index in [-0.39, 0.29) is 0 Å². The highest BCUT2D eigenvalue weighted by Crippen LogP contribution is 2.23. The van der Waals surface area contributed by atoms with Crippen LogP contribution in [0.2, 0.25) is 0 Å². The van der Waals surface area contributed by atoms with Gasteiger partial charge in [-0.2, -0.15) is 0 Å². The standard InChI is InChI=1S/C18H26N2O/c1-14(2)19-13-16-6-3-5-15-8-10-20(18(15)16)11-9-17-7-4-12-21-17/h3,5-6,8,10,14,17,19H,4,7,9,11-13H2,1-2H3. The zero-order chi connectivity index (χ0) is 14.7. The summed E-state index contributed by atoms with van der Waals surface area (Å²) in [4.78, 5) is 0. The minimum absolute atomic E-state index is 0.461. The Morgan fingerprint density at radius 3 is 3.00 bits per heavy atom. The zero-order valence-electron chi connectivity index (χ0n) is 13.1. The number of rotatable bonds is 6. The maximum absolute atomic E-state index is 5.75. The summed E-state index contributed by atoms with van der Waals surface area (Å²) >= 11 is 0. The SMILES string of the molecule is CC(C)NCc1cccc2ccn(CCC3CCCO3)c12. The van der Waals surface area contributed by atoms with E-state index in [1.54, 1.807) is 0 Å². The highest BCUT2D eigenvalue weighted by molar-refractivity contribution is 5.83. The molecule has 0 aliphatic carbocycles. The number of benzene rings is 1. The van der Waals surface area contributed by atoms with Crippen molar-refractivity contribution in [2.75, 3.05) is 6.61 Å². The van der Waals surface area contributed by atoms with E-state index in [1.165, 1.54) is 29.3 Å².